The summed E-state index contributed by atoms with van der Waals surface area (Å²) in [6, 6.07) is 8.17. The maximum Gasteiger partial charge on any atom is 0.416 e. The van der Waals surface area contributed by atoms with Gasteiger partial charge in [0.2, 0.25) is 0 Å². The van der Waals surface area contributed by atoms with Gasteiger partial charge in [-0.15, -0.1) is 0 Å². The van der Waals surface area contributed by atoms with Crippen LogP contribution in [-0.4, -0.2) is 12.2 Å². The predicted molar refractivity (Wildman–Crippen MR) is 81.1 cm³/mol. The zero-order valence-corrected chi connectivity index (χ0v) is 12.3. The molecule has 3 rings (SSSR count). The zero-order chi connectivity index (χ0) is 17.5. The number of rotatable bonds is 2. The van der Waals surface area contributed by atoms with Crippen molar-refractivity contribution in [2.45, 2.75) is 6.18 Å². The molecular formula is C17H11F3O4. The lowest BCUT2D eigenvalue weighted by molar-refractivity contribution is -0.137. The van der Waals surface area contributed by atoms with Gasteiger partial charge in [0.05, 0.1) is 18.1 Å². The van der Waals surface area contributed by atoms with E-state index in [2.05, 4.69) is 0 Å². The fourth-order valence-electron chi connectivity index (χ4n) is 2.31. The number of halogens is 3. The van der Waals surface area contributed by atoms with E-state index in [1.54, 1.807) is 0 Å². The molecule has 0 aliphatic heterocycles. The van der Waals surface area contributed by atoms with Crippen LogP contribution in [0.4, 0.5) is 13.2 Å². The van der Waals surface area contributed by atoms with E-state index >= 15 is 0 Å². The molecule has 0 radical (unpaired) electrons. The van der Waals surface area contributed by atoms with Crippen molar-refractivity contribution >= 4 is 11.0 Å². The number of phenolic OH excluding ortho intramolecular Hbond substituents is 1. The highest BCUT2D eigenvalue weighted by molar-refractivity contribution is 5.79. The minimum absolute atomic E-state index is 0.0394. The summed E-state index contributed by atoms with van der Waals surface area (Å²) in [7, 11) is 1.37. The van der Waals surface area contributed by atoms with Crippen molar-refractivity contribution in [1.29, 1.82) is 0 Å². The smallest absolute Gasteiger partial charge is 0.416 e. The quantitative estimate of drug-likeness (QED) is 0.762. The number of fused-ring (bicyclic) bond motifs is 1. The lowest BCUT2D eigenvalue weighted by Crippen LogP contribution is -2.07. The van der Waals surface area contributed by atoms with Crippen LogP contribution in [0.15, 0.2) is 51.7 Å². The highest BCUT2D eigenvalue weighted by Crippen LogP contribution is 2.34. The second kappa shape index (κ2) is 5.59. The molecular weight excluding hydrogens is 325 g/mol. The molecule has 0 aliphatic carbocycles. The van der Waals surface area contributed by atoms with Crippen LogP contribution in [0.2, 0.25) is 0 Å². The van der Waals surface area contributed by atoms with Crippen molar-refractivity contribution in [3.63, 3.8) is 0 Å². The predicted octanol–water partition coefficient (Wildman–Crippen LogP) is 4.19. The first-order chi connectivity index (χ1) is 11.3. The summed E-state index contributed by atoms with van der Waals surface area (Å²) in [4.78, 5) is 12.2. The molecule has 0 spiro atoms. The SMILES string of the molecule is COc1cc(-c2cc(=O)c3cc(C(F)(F)F)ccc3o2)ccc1O. The van der Waals surface area contributed by atoms with Gasteiger partial charge in [-0.05, 0) is 36.4 Å². The molecule has 0 atom stereocenters. The topological polar surface area (TPSA) is 59.7 Å². The van der Waals surface area contributed by atoms with E-state index in [0.29, 0.717) is 5.56 Å². The van der Waals surface area contributed by atoms with E-state index in [0.717, 1.165) is 24.3 Å². The molecule has 1 aromatic heterocycles. The minimum Gasteiger partial charge on any atom is -0.504 e. The molecule has 0 aliphatic rings. The number of methoxy groups -OCH3 is 1. The average Bonchev–Trinajstić information content (AvgIpc) is 2.54. The number of ether oxygens (including phenoxy) is 1. The molecule has 0 saturated heterocycles. The number of benzene rings is 2. The number of alkyl halides is 3. The Labute approximate surface area is 133 Å². The summed E-state index contributed by atoms with van der Waals surface area (Å²) in [5.41, 5.74) is -1.02. The van der Waals surface area contributed by atoms with Gasteiger partial charge in [0.25, 0.3) is 0 Å². The van der Waals surface area contributed by atoms with Crippen molar-refractivity contribution in [2.75, 3.05) is 7.11 Å². The van der Waals surface area contributed by atoms with Crippen molar-refractivity contribution in [3.8, 4) is 22.8 Å². The van der Waals surface area contributed by atoms with Gasteiger partial charge in [-0.25, -0.2) is 0 Å². The molecule has 0 amide bonds. The lowest BCUT2D eigenvalue weighted by atomic mass is 10.1. The molecule has 0 unspecified atom stereocenters. The summed E-state index contributed by atoms with van der Waals surface area (Å²) in [5.74, 6) is 0.257. The van der Waals surface area contributed by atoms with Crippen LogP contribution in [0.1, 0.15) is 5.56 Å². The second-order valence-electron chi connectivity index (χ2n) is 5.07. The highest BCUT2D eigenvalue weighted by atomic mass is 19.4. The van der Waals surface area contributed by atoms with Crippen molar-refractivity contribution in [1.82, 2.24) is 0 Å². The molecule has 7 heteroatoms. The average molecular weight is 336 g/mol. The van der Waals surface area contributed by atoms with Gasteiger partial charge in [-0.2, -0.15) is 13.2 Å². The first kappa shape index (κ1) is 15.9. The molecule has 4 nitrogen and oxygen atoms in total. The molecule has 3 aromatic rings. The molecule has 0 fully saturated rings. The number of phenols is 1. The Morgan fingerprint density at radius 1 is 1.08 bits per heavy atom. The highest BCUT2D eigenvalue weighted by Gasteiger charge is 2.30. The van der Waals surface area contributed by atoms with E-state index < -0.39 is 17.2 Å². The van der Waals surface area contributed by atoms with Crippen LogP contribution in [0, 0.1) is 0 Å². The normalized spacial score (nSPS) is 11.7. The van der Waals surface area contributed by atoms with Gasteiger partial charge < -0.3 is 14.3 Å². The Bertz CT molecular complexity index is 974. The molecule has 2 aromatic carbocycles. The third kappa shape index (κ3) is 2.80. The van der Waals surface area contributed by atoms with E-state index in [1.807, 2.05) is 0 Å². The summed E-state index contributed by atoms with van der Waals surface area (Å²) < 4.78 is 48.7. The minimum atomic E-state index is -4.54. The second-order valence-corrected chi connectivity index (χ2v) is 5.07. The zero-order valence-electron chi connectivity index (χ0n) is 12.3. The first-order valence-corrected chi connectivity index (χ1v) is 6.82. The largest absolute Gasteiger partial charge is 0.504 e. The summed E-state index contributed by atoms with van der Waals surface area (Å²) in [6.45, 7) is 0. The van der Waals surface area contributed by atoms with E-state index in [-0.39, 0.29) is 28.2 Å². The number of hydrogen-bond donors (Lipinski definition) is 1. The Morgan fingerprint density at radius 2 is 1.83 bits per heavy atom. The Hall–Kier alpha value is -2.96. The van der Waals surface area contributed by atoms with Gasteiger partial charge in [-0.1, -0.05) is 0 Å². The Morgan fingerprint density at radius 3 is 2.50 bits per heavy atom. The Balaban J connectivity index is 2.17. The summed E-state index contributed by atoms with van der Waals surface area (Å²) >= 11 is 0. The molecule has 1 N–H and O–H groups in total. The third-order valence-electron chi connectivity index (χ3n) is 3.52. The van der Waals surface area contributed by atoms with Crippen molar-refractivity contribution in [3.05, 3.63) is 58.3 Å². The fourth-order valence-corrected chi connectivity index (χ4v) is 2.31. The van der Waals surface area contributed by atoms with Crippen LogP contribution < -0.4 is 10.2 Å². The van der Waals surface area contributed by atoms with E-state index in [1.165, 1.54) is 25.3 Å². The number of hydrogen-bond acceptors (Lipinski definition) is 4. The van der Waals surface area contributed by atoms with Crippen molar-refractivity contribution in [2.24, 2.45) is 0 Å². The van der Waals surface area contributed by atoms with Gasteiger partial charge in [-0.3, -0.25) is 4.79 Å². The lowest BCUT2D eigenvalue weighted by Gasteiger charge is -2.09. The van der Waals surface area contributed by atoms with Crippen LogP contribution in [0.3, 0.4) is 0 Å². The monoisotopic (exact) mass is 336 g/mol. The maximum atomic E-state index is 12.7. The summed E-state index contributed by atoms with van der Waals surface area (Å²) in [5, 5.41) is 9.44. The van der Waals surface area contributed by atoms with Gasteiger partial charge in [0, 0.05) is 11.6 Å². The van der Waals surface area contributed by atoms with E-state index in [4.69, 9.17) is 9.15 Å². The van der Waals surface area contributed by atoms with Crippen LogP contribution in [-0.2, 0) is 6.18 Å². The standard InChI is InChI=1S/C17H11F3O4/c1-23-16-6-9(2-4-12(16)21)15-8-13(22)11-7-10(17(18,19)20)3-5-14(11)24-15/h2-8,21H,1H3. The molecule has 24 heavy (non-hydrogen) atoms. The fraction of sp³-hybridized carbons (Fsp3) is 0.118. The molecule has 124 valence electrons. The van der Waals surface area contributed by atoms with Crippen molar-refractivity contribution < 1.29 is 27.4 Å². The first-order valence-electron chi connectivity index (χ1n) is 6.82. The summed E-state index contributed by atoms with van der Waals surface area (Å²) in [6.07, 6.45) is -4.54. The maximum absolute atomic E-state index is 12.7. The third-order valence-corrected chi connectivity index (χ3v) is 3.52. The van der Waals surface area contributed by atoms with Crippen LogP contribution in [0.5, 0.6) is 11.5 Å². The van der Waals surface area contributed by atoms with Crippen LogP contribution in [0.25, 0.3) is 22.3 Å². The van der Waals surface area contributed by atoms with E-state index in [9.17, 15) is 23.1 Å². The number of aromatic hydroxyl groups is 1. The van der Waals surface area contributed by atoms with Gasteiger partial charge in [0.15, 0.2) is 16.9 Å². The Kier molecular flexibility index (Phi) is 3.71. The molecule has 1 heterocycles. The van der Waals surface area contributed by atoms with Crippen LogP contribution >= 0.6 is 0 Å². The molecule has 0 bridgehead atoms. The van der Waals surface area contributed by atoms with Gasteiger partial charge in [0.1, 0.15) is 11.3 Å². The van der Waals surface area contributed by atoms with Gasteiger partial charge >= 0.3 is 6.18 Å². The molecule has 0 saturated carbocycles.